The van der Waals surface area contributed by atoms with Gasteiger partial charge in [0.15, 0.2) is 0 Å². The standard InChI is InChI=1S/C23H33N3O4/c1-15(2)12-20(27)26-19(22(28)25-10-8-24-9-11-25)14-18(23(29)30-4)21(26)17-7-5-6-16(3)13-17/h5-7,13,15,18-19,21,24H,8-12,14H2,1-4H3. The highest BCUT2D eigenvalue weighted by Gasteiger charge is 2.51. The van der Waals surface area contributed by atoms with Gasteiger partial charge in [0.2, 0.25) is 11.8 Å². The minimum absolute atomic E-state index is 0.0716. The lowest BCUT2D eigenvalue weighted by Gasteiger charge is -2.35. The first-order valence-electron chi connectivity index (χ1n) is 10.8. The van der Waals surface area contributed by atoms with Gasteiger partial charge in [0, 0.05) is 32.6 Å². The van der Waals surface area contributed by atoms with Crippen LogP contribution in [0.1, 0.15) is 43.9 Å². The third-order valence-corrected chi connectivity index (χ3v) is 5.97. The molecule has 3 unspecified atom stereocenters. The van der Waals surface area contributed by atoms with E-state index in [1.807, 2.05) is 49.9 Å². The lowest BCUT2D eigenvalue weighted by atomic mass is 9.92. The molecule has 2 amide bonds. The molecule has 7 nitrogen and oxygen atoms in total. The molecule has 0 radical (unpaired) electrons. The number of ether oxygens (including phenoxy) is 1. The number of hydrogen-bond donors (Lipinski definition) is 1. The summed E-state index contributed by atoms with van der Waals surface area (Å²) < 4.78 is 5.09. The molecule has 0 spiro atoms. The second-order valence-electron chi connectivity index (χ2n) is 8.71. The molecule has 164 valence electrons. The summed E-state index contributed by atoms with van der Waals surface area (Å²) in [4.78, 5) is 43.0. The van der Waals surface area contributed by atoms with Crippen LogP contribution in [0.15, 0.2) is 24.3 Å². The van der Waals surface area contributed by atoms with Crippen molar-refractivity contribution in [1.82, 2.24) is 15.1 Å². The summed E-state index contributed by atoms with van der Waals surface area (Å²) in [5, 5.41) is 3.25. The Morgan fingerprint density at radius 1 is 1.20 bits per heavy atom. The Kier molecular flexibility index (Phi) is 7.13. The van der Waals surface area contributed by atoms with E-state index >= 15 is 0 Å². The van der Waals surface area contributed by atoms with Crippen molar-refractivity contribution in [2.75, 3.05) is 33.3 Å². The first kappa shape index (κ1) is 22.3. The summed E-state index contributed by atoms with van der Waals surface area (Å²) in [6.45, 7) is 8.65. The largest absolute Gasteiger partial charge is 0.469 e. The van der Waals surface area contributed by atoms with Gasteiger partial charge in [-0.2, -0.15) is 0 Å². The highest BCUT2D eigenvalue weighted by molar-refractivity contribution is 5.91. The topological polar surface area (TPSA) is 79.0 Å². The van der Waals surface area contributed by atoms with Gasteiger partial charge in [-0.05, 0) is 24.8 Å². The second kappa shape index (κ2) is 9.60. The van der Waals surface area contributed by atoms with Crippen molar-refractivity contribution in [3.05, 3.63) is 35.4 Å². The van der Waals surface area contributed by atoms with Gasteiger partial charge in [-0.15, -0.1) is 0 Å². The SMILES string of the molecule is COC(=O)C1CC(C(=O)N2CCNCC2)N(C(=O)CC(C)C)C1c1cccc(C)c1. The lowest BCUT2D eigenvalue weighted by Crippen LogP contribution is -2.53. The minimum atomic E-state index is -0.649. The third-order valence-electron chi connectivity index (χ3n) is 5.97. The van der Waals surface area contributed by atoms with E-state index in [1.165, 1.54) is 7.11 Å². The molecule has 1 N–H and O–H groups in total. The molecular weight excluding hydrogens is 382 g/mol. The number of piperazine rings is 1. The van der Waals surface area contributed by atoms with Crippen LogP contribution in [0.2, 0.25) is 0 Å². The Morgan fingerprint density at radius 2 is 1.90 bits per heavy atom. The number of benzene rings is 1. The van der Waals surface area contributed by atoms with Crippen molar-refractivity contribution < 1.29 is 19.1 Å². The van der Waals surface area contributed by atoms with E-state index < -0.39 is 18.0 Å². The van der Waals surface area contributed by atoms with Crippen LogP contribution in [0, 0.1) is 18.8 Å². The second-order valence-corrected chi connectivity index (χ2v) is 8.71. The van der Waals surface area contributed by atoms with Crippen molar-refractivity contribution >= 4 is 17.8 Å². The molecular formula is C23H33N3O4. The van der Waals surface area contributed by atoms with Crippen LogP contribution >= 0.6 is 0 Å². The van der Waals surface area contributed by atoms with Crippen LogP contribution in [-0.2, 0) is 19.1 Å². The summed E-state index contributed by atoms with van der Waals surface area (Å²) in [6, 6.07) is 6.68. The number of nitrogens with zero attached hydrogens (tertiary/aromatic N) is 2. The van der Waals surface area contributed by atoms with E-state index in [0.717, 1.165) is 24.2 Å². The molecule has 0 saturated carbocycles. The van der Waals surface area contributed by atoms with Crippen molar-refractivity contribution in [3.63, 3.8) is 0 Å². The fourth-order valence-corrected chi connectivity index (χ4v) is 4.59. The van der Waals surface area contributed by atoms with E-state index in [-0.39, 0.29) is 30.1 Å². The Morgan fingerprint density at radius 3 is 2.50 bits per heavy atom. The molecule has 7 heteroatoms. The molecule has 2 aliphatic rings. The van der Waals surface area contributed by atoms with Crippen LogP contribution in [0.4, 0.5) is 0 Å². The van der Waals surface area contributed by atoms with Crippen molar-refractivity contribution in [1.29, 1.82) is 0 Å². The van der Waals surface area contributed by atoms with Gasteiger partial charge < -0.3 is 19.9 Å². The number of methoxy groups -OCH3 is 1. The molecule has 0 aliphatic carbocycles. The maximum atomic E-state index is 13.5. The van der Waals surface area contributed by atoms with E-state index in [4.69, 9.17) is 4.74 Å². The first-order chi connectivity index (χ1) is 14.3. The third kappa shape index (κ3) is 4.67. The van der Waals surface area contributed by atoms with Gasteiger partial charge in [-0.25, -0.2) is 0 Å². The zero-order chi connectivity index (χ0) is 21.8. The maximum absolute atomic E-state index is 13.5. The number of esters is 1. The summed E-state index contributed by atoms with van der Waals surface area (Å²) in [5.74, 6) is -0.943. The van der Waals surface area contributed by atoms with Crippen molar-refractivity contribution in [2.45, 2.75) is 45.7 Å². The zero-order valence-electron chi connectivity index (χ0n) is 18.4. The van der Waals surface area contributed by atoms with Crippen molar-refractivity contribution in [2.24, 2.45) is 11.8 Å². The molecule has 2 aliphatic heterocycles. The van der Waals surface area contributed by atoms with Crippen LogP contribution < -0.4 is 5.32 Å². The normalized spacial score (nSPS) is 24.2. The Labute approximate surface area is 178 Å². The van der Waals surface area contributed by atoms with Crippen LogP contribution in [0.25, 0.3) is 0 Å². The Hall–Kier alpha value is -2.41. The first-order valence-corrected chi connectivity index (χ1v) is 10.8. The molecule has 2 heterocycles. The van der Waals surface area contributed by atoms with Crippen LogP contribution in [-0.4, -0.2) is 66.9 Å². The molecule has 1 aromatic rings. The predicted octanol–water partition coefficient (Wildman–Crippen LogP) is 1.90. The highest BCUT2D eigenvalue weighted by Crippen LogP contribution is 2.43. The predicted molar refractivity (Wildman–Crippen MR) is 114 cm³/mol. The molecule has 0 aromatic heterocycles. The number of carbonyl (C=O) groups excluding carboxylic acids is 3. The summed E-state index contributed by atoms with van der Waals surface area (Å²) in [5.41, 5.74) is 1.92. The Bertz CT molecular complexity index is 788. The average molecular weight is 416 g/mol. The van der Waals surface area contributed by atoms with Crippen molar-refractivity contribution in [3.8, 4) is 0 Å². The van der Waals surface area contributed by atoms with Gasteiger partial charge >= 0.3 is 5.97 Å². The number of rotatable bonds is 5. The molecule has 30 heavy (non-hydrogen) atoms. The summed E-state index contributed by atoms with van der Waals surface area (Å²) in [7, 11) is 1.36. The summed E-state index contributed by atoms with van der Waals surface area (Å²) >= 11 is 0. The van der Waals surface area contributed by atoms with E-state index in [2.05, 4.69) is 5.32 Å². The minimum Gasteiger partial charge on any atom is -0.469 e. The maximum Gasteiger partial charge on any atom is 0.311 e. The quantitative estimate of drug-likeness (QED) is 0.743. The van der Waals surface area contributed by atoms with Gasteiger partial charge in [-0.1, -0.05) is 43.7 Å². The van der Waals surface area contributed by atoms with Gasteiger partial charge in [0.25, 0.3) is 0 Å². The number of nitrogens with one attached hydrogen (secondary N) is 1. The van der Waals surface area contributed by atoms with Crippen LogP contribution in [0.3, 0.4) is 0 Å². The monoisotopic (exact) mass is 415 g/mol. The lowest BCUT2D eigenvalue weighted by molar-refractivity contribution is -0.148. The fraction of sp³-hybridized carbons (Fsp3) is 0.609. The van der Waals surface area contributed by atoms with Crippen LogP contribution in [0.5, 0.6) is 0 Å². The number of aryl methyl sites for hydroxylation is 1. The summed E-state index contributed by atoms with van der Waals surface area (Å²) in [6.07, 6.45) is 0.624. The number of amides is 2. The highest BCUT2D eigenvalue weighted by atomic mass is 16.5. The number of likely N-dealkylation sites (tertiary alicyclic amines) is 1. The molecule has 3 rings (SSSR count). The van der Waals surface area contributed by atoms with Gasteiger partial charge in [0.1, 0.15) is 6.04 Å². The Balaban J connectivity index is 2.03. The number of hydrogen-bond acceptors (Lipinski definition) is 5. The fourth-order valence-electron chi connectivity index (χ4n) is 4.59. The average Bonchev–Trinajstić information content (AvgIpc) is 3.13. The van der Waals surface area contributed by atoms with E-state index in [1.54, 1.807) is 4.90 Å². The smallest absolute Gasteiger partial charge is 0.311 e. The van der Waals surface area contributed by atoms with Gasteiger partial charge in [-0.3, -0.25) is 14.4 Å². The molecule has 0 bridgehead atoms. The number of carbonyl (C=O) groups is 3. The molecule has 2 saturated heterocycles. The zero-order valence-corrected chi connectivity index (χ0v) is 18.4. The molecule has 2 fully saturated rings. The molecule has 3 atom stereocenters. The van der Waals surface area contributed by atoms with E-state index in [9.17, 15) is 14.4 Å². The molecule has 1 aromatic carbocycles. The van der Waals surface area contributed by atoms with E-state index in [0.29, 0.717) is 19.5 Å². The van der Waals surface area contributed by atoms with Gasteiger partial charge in [0.05, 0.1) is 19.1 Å².